The van der Waals surface area contributed by atoms with Crippen LogP contribution >= 0.6 is 0 Å². The van der Waals surface area contributed by atoms with Gasteiger partial charge in [-0.05, 0) is 44.6 Å². The largest absolute Gasteiger partial charge is 0.383 e. The van der Waals surface area contributed by atoms with Crippen LogP contribution in [-0.4, -0.2) is 44.3 Å². The van der Waals surface area contributed by atoms with E-state index in [0.29, 0.717) is 0 Å². The second-order valence-corrected chi connectivity index (χ2v) is 5.34. The summed E-state index contributed by atoms with van der Waals surface area (Å²) in [4.78, 5) is 2.48. The van der Waals surface area contributed by atoms with E-state index in [9.17, 15) is 0 Å². The third-order valence-corrected chi connectivity index (χ3v) is 4.07. The van der Waals surface area contributed by atoms with Crippen LogP contribution < -0.4 is 5.73 Å². The van der Waals surface area contributed by atoms with Gasteiger partial charge in [-0.1, -0.05) is 0 Å². The number of rotatable bonds is 7. The van der Waals surface area contributed by atoms with E-state index in [2.05, 4.69) is 11.9 Å². The molecule has 15 heavy (non-hydrogen) atoms. The Morgan fingerprint density at radius 1 is 1.33 bits per heavy atom. The molecule has 0 amide bonds. The van der Waals surface area contributed by atoms with Crippen LogP contribution in [0.2, 0.25) is 0 Å². The van der Waals surface area contributed by atoms with Gasteiger partial charge in [0, 0.05) is 20.2 Å². The highest BCUT2D eigenvalue weighted by Gasteiger charge is 2.48. The standard InChI is InChI=1S/C12H24N2O/c1-14(7-10-3-4-10)12(8-13,9-15-2)11-5-6-11/h10-11H,3-9,13H2,1-2H3. The summed E-state index contributed by atoms with van der Waals surface area (Å²) in [7, 11) is 4.01. The number of nitrogens with zero attached hydrogens (tertiary/aromatic N) is 1. The van der Waals surface area contributed by atoms with Crippen LogP contribution in [0.4, 0.5) is 0 Å². The van der Waals surface area contributed by atoms with Crippen molar-refractivity contribution >= 4 is 0 Å². The van der Waals surface area contributed by atoms with Crippen molar-refractivity contribution in [2.24, 2.45) is 17.6 Å². The highest BCUT2D eigenvalue weighted by molar-refractivity contribution is 5.03. The molecule has 2 fully saturated rings. The second-order valence-electron chi connectivity index (χ2n) is 5.34. The van der Waals surface area contributed by atoms with Crippen LogP contribution in [0.25, 0.3) is 0 Å². The van der Waals surface area contributed by atoms with E-state index in [4.69, 9.17) is 10.5 Å². The molecule has 2 N–H and O–H groups in total. The van der Waals surface area contributed by atoms with E-state index in [1.165, 1.54) is 32.2 Å². The van der Waals surface area contributed by atoms with Crippen molar-refractivity contribution in [2.45, 2.75) is 31.2 Å². The summed E-state index contributed by atoms with van der Waals surface area (Å²) in [6, 6.07) is 0. The topological polar surface area (TPSA) is 38.5 Å². The average molecular weight is 212 g/mol. The summed E-state index contributed by atoms with van der Waals surface area (Å²) in [5, 5.41) is 0. The summed E-state index contributed by atoms with van der Waals surface area (Å²) in [5.74, 6) is 1.70. The Morgan fingerprint density at radius 3 is 2.40 bits per heavy atom. The Bertz CT molecular complexity index is 214. The zero-order valence-electron chi connectivity index (χ0n) is 10.0. The maximum atomic E-state index is 6.01. The maximum absolute atomic E-state index is 6.01. The Balaban J connectivity index is 1.99. The van der Waals surface area contributed by atoms with Gasteiger partial charge in [-0.2, -0.15) is 0 Å². The molecule has 3 nitrogen and oxygen atoms in total. The first-order chi connectivity index (χ1) is 7.23. The van der Waals surface area contributed by atoms with Crippen molar-refractivity contribution in [3.8, 4) is 0 Å². The Hall–Kier alpha value is -0.120. The minimum Gasteiger partial charge on any atom is -0.383 e. The summed E-state index contributed by atoms with van der Waals surface area (Å²) in [6.07, 6.45) is 5.47. The molecule has 0 bridgehead atoms. The molecule has 1 unspecified atom stereocenters. The Kier molecular flexibility index (Phi) is 3.33. The lowest BCUT2D eigenvalue weighted by molar-refractivity contribution is 0.0126. The molecule has 0 heterocycles. The van der Waals surface area contributed by atoms with Gasteiger partial charge in [0.25, 0.3) is 0 Å². The van der Waals surface area contributed by atoms with Gasteiger partial charge in [0.1, 0.15) is 0 Å². The van der Waals surface area contributed by atoms with Gasteiger partial charge in [0.2, 0.25) is 0 Å². The van der Waals surface area contributed by atoms with Crippen molar-refractivity contribution in [3.05, 3.63) is 0 Å². The first-order valence-corrected chi connectivity index (χ1v) is 6.13. The van der Waals surface area contributed by atoms with E-state index in [0.717, 1.165) is 25.0 Å². The number of hydrogen-bond donors (Lipinski definition) is 1. The zero-order valence-corrected chi connectivity index (χ0v) is 10.0. The van der Waals surface area contributed by atoms with Gasteiger partial charge in [-0.15, -0.1) is 0 Å². The summed E-state index contributed by atoms with van der Waals surface area (Å²) in [6.45, 7) is 2.73. The van der Waals surface area contributed by atoms with Crippen LogP contribution in [0.15, 0.2) is 0 Å². The molecule has 2 aliphatic rings. The predicted molar refractivity (Wildman–Crippen MR) is 61.7 cm³/mol. The van der Waals surface area contributed by atoms with Crippen LogP contribution in [0.5, 0.6) is 0 Å². The van der Waals surface area contributed by atoms with Crippen LogP contribution in [0.3, 0.4) is 0 Å². The fraction of sp³-hybridized carbons (Fsp3) is 1.00. The van der Waals surface area contributed by atoms with Gasteiger partial charge in [-0.3, -0.25) is 4.90 Å². The van der Waals surface area contributed by atoms with E-state index in [1.54, 1.807) is 7.11 Å². The van der Waals surface area contributed by atoms with Crippen LogP contribution in [0, 0.1) is 11.8 Å². The molecule has 0 aliphatic heterocycles. The Morgan fingerprint density at radius 2 is 2.00 bits per heavy atom. The molecule has 2 rings (SSSR count). The van der Waals surface area contributed by atoms with Gasteiger partial charge < -0.3 is 10.5 Å². The number of nitrogens with two attached hydrogens (primary N) is 1. The molecular weight excluding hydrogens is 188 g/mol. The first kappa shape index (κ1) is 11.4. The molecule has 0 aromatic heterocycles. The maximum Gasteiger partial charge on any atom is 0.0661 e. The van der Waals surface area contributed by atoms with Gasteiger partial charge >= 0.3 is 0 Å². The molecule has 1 atom stereocenters. The monoisotopic (exact) mass is 212 g/mol. The lowest BCUT2D eigenvalue weighted by atomic mass is 9.92. The molecule has 0 spiro atoms. The number of likely N-dealkylation sites (N-methyl/N-ethyl adjacent to an activating group) is 1. The second kappa shape index (κ2) is 4.40. The van der Waals surface area contributed by atoms with Crippen molar-refractivity contribution in [3.63, 3.8) is 0 Å². The van der Waals surface area contributed by atoms with Crippen molar-refractivity contribution in [2.75, 3.05) is 33.9 Å². The lowest BCUT2D eigenvalue weighted by Crippen LogP contribution is -2.57. The van der Waals surface area contributed by atoms with Gasteiger partial charge in [0.05, 0.1) is 12.1 Å². The molecule has 0 aromatic rings. The predicted octanol–water partition coefficient (Wildman–Crippen LogP) is 1.08. The molecule has 88 valence electrons. The summed E-state index contributed by atoms with van der Waals surface area (Å²) in [5.41, 5.74) is 6.13. The van der Waals surface area contributed by atoms with Crippen molar-refractivity contribution < 1.29 is 4.74 Å². The molecule has 3 heteroatoms. The minimum absolute atomic E-state index is 0.122. The van der Waals surface area contributed by atoms with Gasteiger partial charge in [-0.25, -0.2) is 0 Å². The van der Waals surface area contributed by atoms with Crippen molar-refractivity contribution in [1.82, 2.24) is 4.90 Å². The van der Waals surface area contributed by atoms with Crippen molar-refractivity contribution in [1.29, 1.82) is 0 Å². The molecule has 0 aromatic carbocycles. The van der Waals surface area contributed by atoms with Crippen LogP contribution in [0.1, 0.15) is 25.7 Å². The fourth-order valence-corrected chi connectivity index (χ4v) is 2.66. The minimum atomic E-state index is 0.122. The highest BCUT2D eigenvalue weighted by atomic mass is 16.5. The van der Waals surface area contributed by atoms with E-state index >= 15 is 0 Å². The van der Waals surface area contributed by atoms with E-state index in [-0.39, 0.29) is 5.54 Å². The quantitative estimate of drug-likeness (QED) is 0.686. The average Bonchev–Trinajstić information content (AvgIpc) is 3.04. The van der Waals surface area contributed by atoms with Gasteiger partial charge in [0.15, 0.2) is 0 Å². The molecular formula is C12H24N2O. The normalized spacial score (nSPS) is 25.6. The molecule has 0 saturated heterocycles. The number of ether oxygens (including phenoxy) is 1. The fourth-order valence-electron chi connectivity index (χ4n) is 2.66. The Labute approximate surface area is 93.0 Å². The lowest BCUT2D eigenvalue weighted by Gasteiger charge is -2.41. The SMILES string of the molecule is COCC(CN)(C1CC1)N(C)CC1CC1. The van der Waals surface area contributed by atoms with E-state index < -0.39 is 0 Å². The number of hydrogen-bond acceptors (Lipinski definition) is 3. The highest BCUT2D eigenvalue weighted by Crippen LogP contribution is 2.43. The molecule has 2 aliphatic carbocycles. The number of methoxy groups -OCH3 is 1. The molecule has 0 radical (unpaired) electrons. The van der Waals surface area contributed by atoms with Crippen LogP contribution in [-0.2, 0) is 4.74 Å². The smallest absolute Gasteiger partial charge is 0.0661 e. The summed E-state index contributed by atoms with van der Waals surface area (Å²) >= 11 is 0. The summed E-state index contributed by atoms with van der Waals surface area (Å²) < 4.78 is 5.40. The van der Waals surface area contributed by atoms with E-state index in [1.807, 2.05) is 0 Å². The zero-order chi connectivity index (χ0) is 10.9. The third kappa shape index (κ3) is 2.35. The third-order valence-electron chi connectivity index (χ3n) is 4.07. The first-order valence-electron chi connectivity index (χ1n) is 6.13. The molecule has 2 saturated carbocycles.